The Morgan fingerprint density at radius 2 is 0.902 bits per heavy atom. The quantitative estimate of drug-likeness (QED) is 0.0273. The molecule has 0 spiro atoms. The van der Waals surface area contributed by atoms with E-state index in [0.29, 0.717) is 23.9 Å². The van der Waals surface area contributed by atoms with E-state index in [4.69, 9.17) is 9.05 Å². The van der Waals surface area contributed by atoms with Crippen LogP contribution in [0.15, 0.2) is 12.2 Å². The lowest BCUT2D eigenvalue weighted by atomic mass is 10.0. The number of aliphatic hydroxyl groups excluding tert-OH is 1. The van der Waals surface area contributed by atoms with Crippen molar-refractivity contribution >= 4 is 13.7 Å². The van der Waals surface area contributed by atoms with Gasteiger partial charge in [0.2, 0.25) is 5.91 Å². The van der Waals surface area contributed by atoms with Gasteiger partial charge in [0.05, 0.1) is 39.9 Å². The standard InChI is InChI=1S/C52H105N2O6P/c1-6-8-10-12-14-16-18-20-22-24-26-28-29-31-33-35-37-39-41-43-45-51(55)50(49-60-61(57,58)59-48-47-54(3,4)5)53-52(56)46-44-42-40-38-36-34-32-30-27-25-23-21-19-17-15-13-11-9-7-2/h25,27,50-51,55H,6-24,26,28-49H2,1-5H3,(H-,53,56,57,58)/b27-25-. The van der Waals surface area contributed by atoms with Crippen LogP contribution in [0.2, 0.25) is 0 Å². The highest BCUT2D eigenvalue weighted by molar-refractivity contribution is 7.45. The topological polar surface area (TPSA) is 108 Å². The van der Waals surface area contributed by atoms with Crippen LogP contribution in [0.1, 0.15) is 264 Å². The van der Waals surface area contributed by atoms with Gasteiger partial charge in [-0.25, -0.2) is 0 Å². The van der Waals surface area contributed by atoms with Crippen LogP contribution in [0.4, 0.5) is 0 Å². The Labute approximate surface area is 380 Å². The Morgan fingerprint density at radius 3 is 1.28 bits per heavy atom. The number of nitrogens with zero attached hydrogens (tertiary/aromatic N) is 1. The van der Waals surface area contributed by atoms with Crippen molar-refractivity contribution in [3.8, 4) is 0 Å². The van der Waals surface area contributed by atoms with Crippen LogP contribution in [-0.2, 0) is 18.4 Å². The fourth-order valence-corrected chi connectivity index (χ4v) is 8.76. The largest absolute Gasteiger partial charge is 0.756 e. The van der Waals surface area contributed by atoms with Crippen molar-refractivity contribution in [1.82, 2.24) is 5.32 Å². The van der Waals surface area contributed by atoms with Crippen molar-refractivity contribution in [1.29, 1.82) is 0 Å². The predicted octanol–water partition coefficient (Wildman–Crippen LogP) is 14.8. The minimum atomic E-state index is -4.57. The molecule has 9 heteroatoms. The van der Waals surface area contributed by atoms with E-state index >= 15 is 0 Å². The van der Waals surface area contributed by atoms with Crippen LogP contribution in [0.5, 0.6) is 0 Å². The lowest BCUT2D eigenvalue weighted by molar-refractivity contribution is -0.870. The van der Waals surface area contributed by atoms with Gasteiger partial charge in [-0.05, 0) is 38.5 Å². The van der Waals surface area contributed by atoms with E-state index in [1.807, 2.05) is 21.1 Å². The van der Waals surface area contributed by atoms with E-state index in [1.165, 1.54) is 199 Å². The van der Waals surface area contributed by atoms with E-state index in [-0.39, 0.29) is 19.1 Å². The Morgan fingerprint density at radius 1 is 0.557 bits per heavy atom. The smallest absolute Gasteiger partial charge is 0.268 e. The van der Waals surface area contributed by atoms with Crippen molar-refractivity contribution in [3.05, 3.63) is 12.2 Å². The lowest BCUT2D eigenvalue weighted by Gasteiger charge is -2.30. The molecule has 0 fully saturated rings. The summed E-state index contributed by atoms with van der Waals surface area (Å²) in [6.45, 7) is 4.75. The molecule has 8 nitrogen and oxygen atoms in total. The van der Waals surface area contributed by atoms with Crippen molar-refractivity contribution in [3.63, 3.8) is 0 Å². The molecule has 0 aliphatic carbocycles. The van der Waals surface area contributed by atoms with E-state index in [2.05, 4.69) is 31.3 Å². The highest BCUT2D eigenvalue weighted by Crippen LogP contribution is 2.38. The number of phosphoric ester groups is 1. The number of rotatable bonds is 49. The van der Waals surface area contributed by atoms with Gasteiger partial charge in [-0.2, -0.15) is 0 Å². The molecular formula is C52H105N2O6P. The molecular weight excluding hydrogens is 780 g/mol. The van der Waals surface area contributed by atoms with Crippen molar-refractivity contribution in [2.45, 2.75) is 276 Å². The molecule has 0 saturated heterocycles. The maximum atomic E-state index is 12.9. The van der Waals surface area contributed by atoms with Crippen LogP contribution in [0.25, 0.3) is 0 Å². The number of amides is 1. The second-order valence-electron chi connectivity index (χ2n) is 19.6. The molecule has 0 aromatic carbocycles. The number of phosphoric acid groups is 1. The first-order valence-corrected chi connectivity index (χ1v) is 28.0. The maximum absolute atomic E-state index is 12.9. The summed E-state index contributed by atoms with van der Waals surface area (Å²) in [6.07, 6.45) is 52.2. The monoisotopic (exact) mass is 885 g/mol. The lowest BCUT2D eigenvalue weighted by Crippen LogP contribution is -2.46. The van der Waals surface area contributed by atoms with Gasteiger partial charge in [0.25, 0.3) is 7.82 Å². The van der Waals surface area contributed by atoms with Gasteiger partial charge in [-0.3, -0.25) is 9.36 Å². The van der Waals surface area contributed by atoms with Crippen LogP contribution < -0.4 is 10.2 Å². The number of unbranched alkanes of at least 4 members (excludes halogenated alkanes) is 34. The average Bonchev–Trinajstić information content (AvgIpc) is 3.21. The fraction of sp³-hybridized carbons (Fsp3) is 0.942. The van der Waals surface area contributed by atoms with Crippen LogP contribution >= 0.6 is 7.82 Å². The Balaban J connectivity index is 4.23. The predicted molar refractivity (Wildman–Crippen MR) is 261 cm³/mol. The molecule has 3 atom stereocenters. The third-order valence-corrected chi connectivity index (χ3v) is 13.2. The average molecular weight is 885 g/mol. The van der Waals surface area contributed by atoms with Crippen LogP contribution in [0, 0.1) is 0 Å². The minimum Gasteiger partial charge on any atom is -0.756 e. The summed E-state index contributed by atoms with van der Waals surface area (Å²) in [5, 5.41) is 14.0. The number of hydrogen-bond acceptors (Lipinski definition) is 6. The molecule has 0 aromatic heterocycles. The first-order valence-electron chi connectivity index (χ1n) is 26.5. The summed E-state index contributed by atoms with van der Waals surface area (Å²) in [5.41, 5.74) is 0. The number of carbonyl (C=O) groups excluding carboxylic acids is 1. The van der Waals surface area contributed by atoms with Crippen molar-refractivity contribution in [2.24, 2.45) is 0 Å². The zero-order valence-electron chi connectivity index (χ0n) is 41.4. The summed E-state index contributed by atoms with van der Waals surface area (Å²) in [5.74, 6) is -0.165. The maximum Gasteiger partial charge on any atom is 0.268 e. The summed E-state index contributed by atoms with van der Waals surface area (Å²) >= 11 is 0. The molecule has 0 bridgehead atoms. The molecule has 0 aromatic rings. The molecule has 0 aliphatic rings. The molecule has 61 heavy (non-hydrogen) atoms. The third-order valence-electron chi connectivity index (χ3n) is 12.3. The van der Waals surface area contributed by atoms with E-state index in [0.717, 1.165) is 38.5 Å². The molecule has 0 saturated carbocycles. The Bertz CT molecular complexity index is 1000. The number of nitrogens with one attached hydrogen (secondary N) is 1. The minimum absolute atomic E-state index is 0.0136. The second-order valence-corrected chi connectivity index (χ2v) is 21.0. The number of aliphatic hydroxyl groups is 1. The SMILES string of the molecule is CCCCCCCCCC/C=C\CCCCCCCCCC(=O)NC(COP(=O)([O-])OCC[N+](C)(C)C)C(O)CCCCCCCCCCCCCCCCCCCCCC. The van der Waals surface area contributed by atoms with Gasteiger partial charge in [-0.15, -0.1) is 0 Å². The van der Waals surface area contributed by atoms with Gasteiger partial charge in [0.15, 0.2) is 0 Å². The van der Waals surface area contributed by atoms with Gasteiger partial charge in [0, 0.05) is 6.42 Å². The fourth-order valence-electron chi connectivity index (χ4n) is 8.04. The van der Waals surface area contributed by atoms with E-state index in [1.54, 1.807) is 0 Å². The summed E-state index contributed by atoms with van der Waals surface area (Å²) in [7, 11) is 1.31. The van der Waals surface area contributed by atoms with Gasteiger partial charge < -0.3 is 28.8 Å². The zero-order valence-corrected chi connectivity index (χ0v) is 42.3. The highest BCUT2D eigenvalue weighted by Gasteiger charge is 2.24. The summed E-state index contributed by atoms with van der Waals surface area (Å²) < 4.78 is 23.4. The number of allylic oxidation sites excluding steroid dienone is 2. The molecule has 3 unspecified atom stereocenters. The van der Waals surface area contributed by atoms with Crippen LogP contribution in [-0.4, -0.2) is 68.5 Å². The molecule has 364 valence electrons. The summed E-state index contributed by atoms with van der Waals surface area (Å²) in [6, 6.07) is -0.800. The number of hydrogen-bond donors (Lipinski definition) is 2. The molecule has 0 aliphatic heterocycles. The van der Waals surface area contributed by atoms with Crippen molar-refractivity contribution in [2.75, 3.05) is 40.9 Å². The van der Waals surface area contributed by atoms with Crippen molar-refractivity contribution < 1.29 is 32.9 Å². The molecule has 0 radical (unpaired) electrons. The first-order chi connectivity index (χ1) is 29.5. The molecule has 1 amide bonds. The normalized spacial score (nSPS) is 14.1. The highest BCUT2D eigenvalue weighted by atomic mass is 31.2. The van der Waals surface area contributed by atoms with Crippen LogP contribution in [0.3, 0.4) is 0 Å². The number of likely N-dealkylation sites (N-methyl/N-ethyl adjacent to an activating group) is 1. The second kappa shape index (κ2) is 44.4. The number of carbonyl (C=O) groups is 1. The first kappa shape index (κ1) is 60.2. The Kier molecular flexibility index (Phi) is 43.9. The van der Waals surface area contributed by atoms with E-state index in [9.17, 15) is 19.4 Å². The third kappa shape index (κ3) is 47.0. The van der Waals surface area contributed by atoms with Gasteiger partial charge >= 0.3 is 0 Å². The van der Waals surface area contributed by atoms with E-state index < -0.39 is 20.0 Å². The summed E-state index contributed by atoms with van der Waals surface area (Å²) in [4.78, 5) is 25.5. The molecule has 2 N–H and O–H groups in total. The Hall–Kier alpha value is -0.760. The van der Waals surface area contributed by atoms with Gasteiger partial charge in [0.1, 0.15) is 13.2 Å². The van der Waals surface area contributed by atoms with Gasteiger partial charge in [-0.1, -0.05) is 231 Å². The molecule has 0 heterocycles. The zero-order chi connectivity index (χ0) is 45.0. The number of quaternary nitrogens is 1. The molecule has 0 rings (SSSR count).